The second-order valence-corrected chi connectivity index (χ2v) is 14.6. The van der Waals surface area contributed by atoms with E-state index in [0.717, 1.165) is 24.0 Å². The molecule has 3 aromatic rings. The normalized spacial score (nSPS) is 16.4. The third-order valence-corrected chi connectivity index (χ3v) is 9.16. The first-order chi connectivity index (χ1) is 22.2. The topological polar surface area (TPSA) is 97.9 Å². The Morgan fingerprint density at radius 2 is 1.64 bits per heavy atom. The van der Waals surface area contributed by atoms with Gasteiger partial charge in [-0.15, -0.1) is 0 Å². The first-order valence-electron chi connectivity index (χ1n) is 15.3. The van der Waals surface area contributed by atoms with E-state index in [1.165, 1.54) is 6.08 Å². The van der Waals surface area contributed by atoms with Crippen LogP contribution in [0.1, 0.15) is 57.2 Å². The molecule has 1 heterocycles. The fourth-order valence-corrected chi connectivity index (χ4v) is 7.27. The Labute approximate surface area is 295 Å². The van der Waals surface area contributed by atoms with Crippen molar-refractivity contribution < 1.29 is 23.8 Å². The molecule has 1 aliphatic rings. The molecule has 2 amide bonds. The van der Waals surface area contributed by atoms with Gasteiger partial charge in [0.15, 0.2) is 11.5 Å². The zero-order valence-electron chi connectivity index (χ0n) is 27.5. The highest BCUT2D eigenvalue weighted by Gasteiger charge is 2.39. The second kappa shape index (κ2) is 15.8. The second-order valence-electron chi connectivity index (χ2n) is 13.0. The van der Waals surface area contributed by atoms with Gasteiger partial charge in [0, 0.05) is 45.2 Å². The van der Waals surface area contributed by atoms with E-state index < -0.39 is 11.9 Å². The average Bonchev–Trinajstić information content (AvgIpc) is 2.98. The molecule has 1 unspecified atom stereocenters. The quantitative estimate of drug-likeness (QED) is 0.166. The monoisotopic (exact) mass is 745 g/mol. The summed E-state index contributed by atoms with van der Waals surface area (Å²) in [5.41, 5.74) is 1.97. The predicted molar refractivity (Wildman–Crippen MR) is 192 cm³/mol. The van der Waals surface area contributed by atoms with Crippen LogP contribution in [0.4, 0.5) is 0 Å². The zero-order chi connectivity index (χ0) is 34.4. The van der Waals surface area contributed by atoms with Crippen molar-refractivity contribution in [3.8, 4) is 17.2 Å². The summed E-state index contributed by atoms with van der Waals surface area (Å²) in [6.07, 6.45) is 4.87. The lowest BCUT2D eigenvalue weighted by Gasteiger charge is -2.46. The third kappa shape index (κ3) is 10.4. The molecule has 0 radical (unpaired) electrons. The number of ether oxygens (including phenoxy) is 3. The van der Waals surface area contributed by atoms with Crippen LogP contribution in [-0.2, 0) is 22.6 Å². The number of amides is 2. The summed E-state index contributed by atoms with van der Waals surface area (Å²) in [6, 6.07) is 15.4. The first kappa shape index (κ1) is 36.6. The lowest BCUT2D eigenvalue weighted by atomic mass is 9.79. The molecule has 8 nitrogen and oxygen atoms in total. The molecular weight excluding hydrogens is 705 g/mol. The summed E-state index contributed by atoms with van der Waals surface area (Å²) < 4.78 is 17.4. The van der Waals surface area contributed by atoms with E-state index in [-0.39, 0.29) is 36.1 Å². The van der Waals surface area contributed by atoms with Crippen molar-refractivity contribution in [1.29, 1.82) is 0 Å². The molecule has 0 aliphatic carbocycles. The first-order valence-corrected chi connectivity index (χ1v) is 16.9. The Balaban J connectivity index is 1.50. The summed E-state index contributed by atoms with van der Waals surface area (Å²) in [7, 11) is 3.10. The van der Waals surface area contributed by atoms with Crippen LogP contribution in [0.15, 0.2) is 65.1 Å². The molecule has 0 saturated carbocycles. The van der Waals surface area contributed by atoms with Crippen LogP contribution in [0.5, 0.6) is 17.2 Å². The lowest BCUT2D eigenvalue weighted by molar-refractivity contribution is -0.128. The number of hydrogen-bond donors (Lipinski definition) is 3. The van der Waals surface area contributed by atoms with Crippen LogP contribution >= 0.6 is 39.1 Å². The molecule has 1 aliphatic heterocycles. The van der Waals surface area contributed by atoms with E-state index in [1.54, 1.807) is 44.6 Å². The molecule has 0 bridgehead atoms. The van der Waals surface area contributed by atoms with Gasteiger partial charge < -0.3 is 30.2 Å². The van der Waals surface area contributed by atoms with Crippen molar-refractivity contribution in [3.63, 3.8) is 0 Å². The summed E-state index contributed by atoms with van der Waals surface area (Å²) in [5, 5.41) is 10.9. The lowest BCUT2D eigenvalue weighted by Crippen LogP contribution is -2.63. The largest absolute Gasteiger partial charge is 0.493 e. The van der Waals surface area contributed by atoms with Crippen molar-refractivity contribution in [3.05, 3.63) is 91.9 Å². The molecule has 1 atom stereocenters. The SMILES string of the molecule is COc1cc(/C=C/C(=O)NC(Cc2ccc(OCc3c(Cl)cccc3Cl)cc2)C(=O)NC2CC(C)(C)NC(C)(C)C2)cc(Br)c1OC. The number of rotatable bonds is 12. The van der Waals surface area contributed by atoms with Crippen LogP contribution < -0.4 is 30.2 Å². The Hall–Kier alpha value is -3.24. The van der Waals surface area contributed by atoms with Gasteiger partial charge in [0.25, 0.3) is 0 Å². The number of benzene rings is 3. The number of methoxy groups -OCH3 is 2. The van der Waals surface area contributed by atoms with E-state index in [4.69, 9.17) is 37.4 Å². The van der Waals surface area contributed by atoms with Gasteiger partial charge in [-0.25, -0.2) is 0 Å². The average molecular weight is 748 g/mol. The van der Waals surface area contributed by atoms with E-state index >= 15 is 0 Å². The number of carbonyl (C=O) groups excluding carboxylic acids is 2. The smallest absolute Gasteiger partial charge is 0.244 e. The number of halogens is 3. The van der Waals surface area contributed by atoms with Crippen LogP contribution in [0.25, 0.3) is 6.08 Å². The minimum atomic E-state index is -0.820. The van der Waals surface area contributed by atoms with Gasteiger partial charge >= 0.3 is 0 Å². The number of nitrogens with one attached hydrogen (secondary N) is 3. The van der Waals surface area contributed by atoms with Crippen molar-refractivity contribution in [2.75, 3.05) is 14.2 Å². The van der Waals surface area contributed by atoms with Gasteiger partial charge in [-0.2, -0.15) is 0 Å². The Morgan fingerprint density at radius 3 is 2.23 bits per heavy atom. The molecule has 3 aromatic carbocycles. The minimum Gasteiger partial charge on any atom is -0.493 e. The Bertz CT molecular complexity index is 1570. The number of carbonyl (C=O) groups is 2. The summed E-state index contributed by atoms with van der Waals surface area (Å²) in [6.45, 7) is 8.74. The molecule has 1 saturated heterocycles. The molecule has 11 heteroatoms. The Kier molecular flexibility index (Phi) is 12.3. The van der Waals surface area contributed by atoms with E-state index in [0.29, 0.717) is 37.3 Å². The van der Waals surface area contributed by atoms with Gasteiger partial charge in [-0.05, 0) is 110 Å². The molecule has 0 spiro atoms. The third-order valence-electron chi connectivity index (χ3n) is 7.86. The molecule has 4 rings (SSSR count). The standard InChI is InChI=1S/C36H42BrCl2N3O5/c1-35(2)19-24(20-36(3,4)42-35)40-34(44)30(41-32(43)15-12-23-16-27(37)33(46-6)31(18-23)45-5)17-22-10-13-25(14-11-22)47-21-26-28(38)8-7-9-29(26)39/h7-16,18,24,30,42H,17,19-21H2,1-6H3,(H,40,44)(H,41,43)/b15-12+. The van der Waals surface area contributed by atoms with E-state index in [1.807, 2.05) is 30.3 Å². The highest BCUT2D eigenvalue weighted by molar-refractivity contribution is 9.10. The highest BCUT2D eigenvalue weighted by atomic mass is 79.9. The summed E-state index contributed by atoms with van der Waals surface area (Å²) in [5.74, 6) is 1.05. The van der Waals surface area contributed by atoms with Crippen molar-refractivity contribution in [1.82, 2.24) is 16.0 Å². The molecule has 1 fully saturated rings. The maximum atomic E-state index is 13.8. The highest BCUT2D eigenvalue weighted by Crippen LogP contribution is 2.36. The number of hydrogen-bond acceptors (Lipinski definition) is 6. The van der Waals surface area contributed by atoms with Crippen LogP contribution in [0, 0.1) is 0 Å². The van der Waals surface area contributed by atoms with Gasteiger partial charge in [0.05, 0.1) is 18.7 Å². The number of piperidine rings is 1. The van der Waals surface area contributed by atoms with Crippen LogP contribution in [-0.4, -0.2) is 49.2 Å². The maximum Gasteiger partial charge on any atom is 0.244 e. The minimum absolute atomic E-state index is 0.0554. The maximum absolute atomic E-state index is 13.8. The molecule has 0 aromatic heterocycles. The molecular formula is C36H42BrCl2N3O5. The molecule has 252 valence electrons. The summed E-state index contributed by atoms with van der Waals surface area (Å²) in [4.78, 5) is 27.0. The predicted octanol–water partition coefficient (Wildman–Crippen LogP) is 7.52. The molecule has 47 heavy (non-hydrogen) atoms. The van der Waals surface area contributed by atoms with Crippen LogP contribution in [0.2, 0.25) is 10.0 Å². The fraction of sp³-hybridized carbons (Fsp3) is 0.389. The van der Waals surface area contributed by atoms with Gasteiger partial charge in [-0.1, -0.05) is 41.4 Å². The van der Waals surface area contributed by atoms with Crippen LogP contribution in [0.3, 0.4) is 0 Å². The van der Waals surface area contributed by atoms with Gasteiger partial charge in [-0.3, -0.25) is 9.59 Å². The van der Waals surface area contributed by atoms with Crippen molar-refractivity contribution in [2.24, 2.45) is 0 Å². The fourth-order valence-electron chi connectivity index (χ4n) is 6.14. The van der Waals surface area contributed by atoms with Gasteiger partial charge in [0.2, 0.25) is 11.8 Å². The molecule has 3 N–H and O–H groups in total. The van der Waals surface area contributed by atoms with E-state index in [2.05, 4.69) is 59.6 Å². The van der Waals surface area contributed by atoms with Crippen molar-refractivity contribution >= 4 is 57.0 Å². The Morgan fingerprint density at radius 1 is 1.00 bits per heavy atom. The van der Waals surface area contributed by atoms with Crippen molar-refractivity contribution in [2.45, 2.75) is 76.7 Å². The van der Waals surface area contributed by atoms with Gasteiger partial charge in [0.1, 0.15) is 18.4 Å². The summed E-state index contributed by atoms with van der Waals surface area (Å²) >= 11 is 16.0. The zero-order valence-corrected chi connectivity index (χ0v) is 30.6. The van der Waals surface area contributed by atoms with E-state index in [9.17, 15) is 9.59 Å².